The number of Topliss-reactive ketones (excluding diaryl/α,β-unsaturated/α-hetero) is 1. The second-order valence-electron chi connectivity index (χ2n) is 4.42. The molecule has 0 aromatic heterocycles. The van der Waals surface area contributed by atoms with Gasteiger partial charge in [0.1, 0.15) is 12.2 Å². The number of halogens is 1. The quantitative estimate of drug-likeness (QED) is 0.259. The smallest absolute Gasteiger partial charge is 0.361 e. The number of rotatable bonds is 6. The third-order valence-corrected chi connectivity index (χ3v) is 3.08. The number of hydrogen-bond acceptors (Lipinski definition) is 6. The van der Waals surface area contributed by atoms with E-state index in [0.717, 1.165) is 0 Å². The van der Waals surface area contributed by atoms with Crippen LogP contribution in [0.5, 0.6) is 0 Å². The van der Waals surface area contributed by atoms with Crippen molar-refractivity contribution >= 4 is 35.0 Å². The first-order valence-electron chi connectivity index (χ1n) is 6.17. The lowest BCUT2D eigenvalue weighted by atomic mass is 9.95. The number of oxime groups is 1. The molecule has 0 spiro atoms. The number of carbonyl (C=O) groups is 3. The van der Waals surface area contributed by atoms with E-state index in [1.54, 1.807) is 0 Å². The number of nitrogens with zero attached hydrogens (tertiary/aromatic N) is 1. The Morgan fingerprint density at radius 3 is 2.20 bits per heavy atom. The first kappa shape index (κ1) is 16.4. The average Bonchev–Trinajstić information content (AvgIpc) is 2.39. The molecule has 0 atom stereocenters. The number of hydrogen-bond donors (Lipinski definition) is 1. The summed E-state index contributed by atoms with van der Waals surface area (Å²) >= 11 is 5.28. The number of alkyl halides is 1. The Labute approximate surface area is 120 Å². The molecule has 0 aromatic rings. The van der Waals surface area contributed by atoms with Crippen molar-refractivity contribution in [2.24, 2.45) is 5.16 Å². The Morgan fingerprint density at radius 1 is 1.20 bits per heavy atom. The lowest BCUT2D eigenvalue weighted by molar-refractivity contribution is -0.149. The monoisotopic (exact) mass is 305 g/mol. The van der Waals surface area contributed by atoms with Gasteiger partial charge in [0.2, 0.25) is 11.5 Å². The molecule has 0 unspecified atom stereocenters. The molecule has 0 aliphatic heterocycles. The van der Waals surface area contributed by atoms with E-state index in [2.05, 4.69) is 5.16 Å². The van der Waals surface area contributed by atoms with Crippen molar-refractivity contribution in [2.45, 2.75) is 44.8 Å². The lowest BCUT2D eigenvalue weighted by Crippen LogP contribution is -2.29. The standard InChI is InChI=1S/C12H16ClNO6/c1-7(15)19-8-2-4-9(5-3-8)20-14-11(12(17)18)10(16)6-13/h8-9H,2-6H2,1H3,(H,17,18)/t8-,9-. The Kier molecular flexibility index (Phi) is 6.44. The van der Waals surface area contributed by atoms with Gasteiger partial charge in [0.25, 0.3) is 0 Å². The molecule has 0 saturated heterocycles. The van der Waals surface area contributed by atoms with Crippen LogP contribution in [0.2, 0.25) is 0 Å². The first-order valence-corrected chi connectivity index (χ1v) is 6.71. The number of ketones is 1. The van der Waals surface area contributed by atoms with Crippen molar-refractivity contribution in [1.82, 2.24) is 0 Å². The SMILES string of the molecule is CC(=O)O[C@H]1CC[C@H](ON=C(C(=O)O)C(=O)CCl)CC1. The van der Waals surface area contributed by atoms with E-state index in [1.165, 1.54) is 6.92 Å². The fraction of sp³-hybridized carbons (Fsp3) is 0.667. The highest BCUT2D eigenvalue weighted by Gasteiger charge is 2.26. The minimum atomic E-state index is -1.47. The highest BCUT2D eigenvalue weighted by atomic mass is 35.5. The molecule has 1 N–H and O–H groups in total. The molecule has 0 amide bonds. The summed E-state index contributed by atoms with van der Waals surface area (Å²) in [5, 5.41) is 12.2. The van der Waals surface area contributed by atoms with Crippen LogP contribution in [0.15, 0.2) is 5.16 Å². The molecule has 0 aromatic carbocycles. The summed E-state index contributed by atoms with van der Waals surface area (Å²) in [7, 11) is 0. The number of carboxylic acid groups (broad SMARTS) is 1. The highest BCUT2D eigenvalue weighted by Crippen LogP contribution is 2.23. The van der Waals surface area contributed by atoms with Gasteiger partial charge >= 0.3 is 11.9 Å². The topological polar surface area (TPSA) is 102 Å². The molecule has 1 aliphatic carbocycles. The Hall–Kier alpha value is -1.63. The number of aliphatic carboxylic acids is 1. The number of ether oxygens (including phenoxy) is 1. The second kappa shape index (κ2) is 7.84. The minimum absolute atomic E-state index is 0.139. The van der Waals surface area contributed by atoms with Gasteiger partial charge in [-0.2, -0.15) is 0 Å². The predicted octanol–water partition coefficient (Wildman–Crippen LogP) is 1.13. The maximum atomic E-state index is 11.2. The molecule has 1 saturated carbocycles. The average molecular weight is 306 g/mol. The van der Waals surface area contributed by atoms with E-state index in [1.807, 2.05) is 0 Å². The van der Waals surface area contributed by atoms with Gasteiger partial charge < -0.3 is 14.7 Å². The summed E-state index contributed by atoms with van der Waals surface area (Å²) in [6, 6.07) is 0. The molecule has 20 heavy (non-hydrogen) atoms. The van der Waals surface area contributed by atoms with E-state index < -0.39 is 23.3 Å². The van der Waals surface area contributed by atoms with Gasteiger partial charge in [-0.05, 0) is 25.7 Å². The normalized spacial score (nSPS) is 23.0. The second-order valence-corrected chi connectivity index (χ2v) is 4.68. The van der Waals surface area contributed by atoms with Crippen LogP contribution in [0, 0.1) is 0 Å². The molecule has 1 rings (SSSR count). The van der Waals surface area contributed by atoms with Crippen LogP contribution in [0.1, 0.15) is 32.6 Å². The fourth-order valence-electron chi connectivity index (χ4n) is 1.89. The van der Waals surface area contributed by atoms with Gasteiger partial charge in [-0.15, -0.1) is 11.6 Å². The molecule has 8 heteroatoms. The van der Waals surface area contributed by atoms with Crippen LogP contribution >= 0.6 is 11.6 Å². The Balaban J connectivity index is 2.48. The van der Waals surface area contributed by atoms with Gasteiger partial charge in [0.05, 0.1) is 5.88 Å². The maximum Gasteiger partial charge on any atom is 0.361 e. The minimum Gasteiger partial charge on any atom is -0.476 e. The van der Waals surface area contributed by atoms with Crippen LogP contribution in [0.4, 0.5) is 0 Å². The molecule has 0 bridgehead atoms. The lowest BCUT2D eigenvalue weighted by Gasteiger charge is -2.26. The van der Waals surface area contributed by atoms with E-state index in [4.69, 9.17) is 26.3 Å². The van der Waals surface area contributed by atoms with Crippen LogP contribution in [0.3, 0.4) is 0 Å². The maximum absolute atomic E-state index is 11.2. The molecule has 1 aliphatic rings. The number of carbonyl (C=O) groups excluding carboxylic acids is 2. The van der Waals surface area contributed by atoms with Crippen LogP contribution < -0.4 is 0 Å². The van der Waals surface area contributed by atoms with Gasteiger partial charge in [0.15, 0.2) is 0 Å². The van der Waals surface area contributed by atoms with Crippen molar-refractivity contribution in [3.8, 4) is 0 Å². The first-order chi connectivity index (χ1) is 9.43. The van der Waals surface area contributed by atoms with E-state index >= 15 is 0 Å². The summed E-state index contributed by atoms with van der Waals surface area (Å²) < 4.78 is 5.06. The van der Waals surface area contributed by atoms with Gasteiger partial charge in [-0.25, -0.2) is 4.79 Å². The number of carboxylic acids is 1. The fourth-order valence-corrected chi connectivity index (χ4v) is 2.02. The van der Waals surface area contributed by atoms with Gasteiger partial charge in [0, 0.05) is 6.92 Å². The Bertz CT molecular complexity index is 414. The summed E-state index contributed by atoms with van der Waals surface area (Å²) in [6.07, 6.45) is 1.95. The van der Waals surface area contributed by atoms with Gasteiger partial charge in [-0.3, -0.25) is 9.59 Å². The van der Waals surface area contributed by atoms with Crippen molar-refractivity contribution in [1.29, 1.82) is 0 Å². The van der Waals surface area contributed by atoms with E-state index in [0.29, 0.717) is 25.7 Å². The van der Waals surface area contributed by atoms with Crippen LogP contribution in [0.25, 0.3) is 0 Å². The molecular formula is C12H16ClNO6. The predicted molar refractivity (Wildman–Crippen MR) is 69.7 cm³/mol. The molecular weight excluding hydrogens is 290 g/mol. The third-order valence-electron chi connectivity index (χ3n) is 2.83. The zero-order chi connectivity index (χ0) is 15.1. The molecule has 0 heterocycles. The summed E-state index contributed by atoms with van der Waals surface area (Å²) in [4.78, 5) is 37.9. The molecule has 7 nitrogen and oxygen atoms in total. The van der Waals surface area contributed by atoms with Crippen molar-refractivity contribution in [3.63, 3.8) is 0 Å². The van der Waals surface area contributed by atoms with Crippen LogP contribution in [-0.2, 0) is 24.0 Å². The molecule has 1 fully saturated rings. The van der Waals surface area contributed by atoms with E-state index in [-0.39, 0.29) is 18.2 Å². The van der Waals surface area contributed by atoms with Crippen molar-refractivity contribution in [2.75, 3.05) is 5.88 Å². The molecule has 112 valence electrons. The van der Waals surface area contributed by atoms with E-state index in [9.17, 15) is 14.4 Å². The largest absolute Gasteiger partial charge is 0.476 e. The summed E-state index contributed by atoms with van der Waals surface area (Å²) in [5.41, 5.74) is -0.706. The highest BCUT2D eigenvalue weighted by molar-refractivity contribution is 6.67. The van der Waals surface area contributed by atoms with Crippen molar-refractivity contribution in [3.05, 3.63) is 0 Å². The zero-order valence-corrected chi connectivity index (χ0v) is 11.8. The Morgan fingerprint density at radius 2 is 1.75 bits per heavy atom. The molecule has 0 radical (unpaired) electrons. The van der Waals surface area contributed by atoms with Crippen LogP contribution in [-0.4, -0.2) is 46.6 Å². The summed E-state index contributed by atoms with van der Waals surface area (Å²) in [6.45, 7) is 1.35. The van der Waals surface area contributed by atoms with Gasteiger partial charge in [-0.1, -0.05) is 5.16 Å². The zero-order valence-electron chi connectivity index (χ0n) is 11.0. The third kappa shape index (κ3) is 5.16. The van der Waals surface area contributed by atoms with Crippen molar-refractivity contribution < 1.29 is 29.1 Å². The number of esters is 1. The summed E-state index contributed by atoms with van der Waals surface area (Å²) in [5.74, 6) is -3.06.